The minimum atomic E-state index is -0.417. The number of nitrogens with one attached hydrogen (secondary N) is 1. The maximum Gasteiger partial charge on any atom is 0.251 e. The first-order chi connectivity index (χ1) is 9.31. The molecule has 2 N–H and O–H groups in total. The van der Waals surface area contributed by atoms with E-state index in [1.165, 1.54) is 0 Å². The number of aromatic nitrogens is 1. The Hall–Kier alpha value is -1.13. The molecule has 0 fully saturated rings. The lowest BCUT2D eigenvalue weighted by Crippen LogP contribution is -2.46. The highest BCUT2D eigenvalue weighted by Gasteiger charge is 2.24. The molecular formula is C15H23ClN2O2. The Morgan fingerprint density at radius 1 is 1.50 bits per heavy atom. The summed E-state index contributed by atoms with van der Waals surface area (Å²) in [6.45, 7) is 7.95. The van der Waals surface area contributed by atoms with Crippen molar-refractivity contribution in [3.63, 3.8) is 0 Å². The SMILES string of the molecule is CCC(C)(CCO)NC(=O)c1cc(Cl)nc(C(C)C)c1. The molecule has 1 aromatic rings. The summed E-state index contributed by atoms with van der Waals surface area (Å²) in [5, 5.41) is 12.4. The van der Waals surface area contributed by atoms with Crippen LogP contribution >= 0.6 is 11.6 Å². The largest absolute Gasteiger partial charge is 0.396 e. The van der Waals surface area contributed by atoms with Gasteiger partial charge in [0.1, 0.15) is 5.15 Å². The van der Waals surface area contributed by atoms with E-state index in [4.69, 9.17) is 16.7 Å². The first kappa shape index (κ1) is 16.9. The van der Waals surface area contributed by atoms with E-state index in [0.717, 1.165) is 12.1 Å². The molecule has 0 aliphatic heterocycles. The Morgan fingerprint density at radius 3 is 2.65 bits per heavy atom. The van der Waals surface area contributed by atoms with Gasteiger partial charge in [0.15, 0.2) is 0 Å². The molecule has 1 unspecified atom stereocenters. The van der Waals surface area contributed by atoms with E-state index >= 15 is 0 Å². The van der Waals surface area contributed by atoms with Crippen molar-refractivity contribution in [3.05, 3.63) is 28.5 Å². The second-order valence-corrected chi connectivity index (χ2v) is 5.99. The van der Waals surface area contributed by atoms with Gasteiger partial charge in [0.2, 0.25) is 0 Å². The molecule has 4 nitrogen and oxygen atoms in total. The van der Waals surface area contributed by atoms with Crippen LogP contribution in [0.3, 0.4) is 0 Å². The van der Waals surface area contributed by atoms with E-state index in [1.54, 1.807) is 12.1 Å². The standard InChI is InChI=1S/C15H23ClN2O2/c1-5-15(4,6-7-19)18-14(20)11-8-12(10(2)3)17-13(16)9-11/h8-10,19H,5-7H2,1-4H3,(H,18,20). The van der Waals surface area contributed by atoms with Crippen LogP contribution in [0.2, 0.25) is 5.15 Å². The molecule has 5 heteroatoms. The summed E-state index contributed by atoms with van der Waals surface area (Å²) in [6.07, 6.45) is 1.26. The molecule has 1 heterocycles. The first-order valence-electron chi connectivity index (χ1n) is 6.92. The maximum absolute atomic E-state index is 12.3. The van der Waals surface area contributed by atoms with E-state index in [0.29, 0.717) is 17.1 Å². The first-order valence-corrected chi connectivity index (χ1v) is 7.30. The normalized spacial score (nSPS) is 14.2. The minimum Gasteiger partial charge on any atom is -0.396 e. The molecule has 0 aromatic carbocycles. The van der Waals surface area contributed by atoms with Gasteiger partial charge < -0.3 is 10.4 Å². The molecule has 20 heavy (non-hydrogen) atoms. The van der Waals surface area contributed by atoms with Gasteiger partial charge in [-0.3, -0.25) is 4.79 Å². The van der Waals surface area contributed by atoms with Crippen LogP contribution in [0.5, 0.6) is 0 Å². The van der Waals surface area contributed by atoms with Crippen molar-refractivity contribution in [2.75, 3.05) is 6.61 Å². The summed E-state index contributed by atoms with van der Waals surface area (Å²) >= 11 is 5.97. The number of halogens is 1. The Labute approximate surface area is 125 Å². The average Bonchev–Trinajstić information content (AvgIpc) is 2.38. The van der Waals surface area contributed by atoms with Crippen LogP contribution in [0.1, 0.15) is 62.5 Å². The van der Waals surface area contributed by atoms with Crippen molar-refractivity contribution in [1.29, 1.82) is 0 Å². The van der Waals surface area contributed by atoms with Crippen molar-refractivity contribution in [2.24, 2.45) is 0 Å². The van der Waals surface area contributed by atoms with Crippen LogP contribution in [-0.2, 0) is 0 Å². The predicted octanol–water partition coefficient (Wildman–Crippen LogP) is 3.14. The second-order valence-electron chi connectivity index (χ2n) is 5.60. The smallest absolute Gasteiger partial charge is 0.251 e. The molecule has 0 aliphatic rings. The maximum atomic E-state index is 12.3. The summed E-state index contributed by atoms with van der Waals surface area (Å²) in [7, 11) is 0. The van der Waals surface area contributed by atoms with Crippen LogP contribution in [0.25, 0.3) is 0 Å². The molecule has 0 spiro atoms. The molecule has 0 radical (unpaired) electrons. The Balaban J connectivity index is 2.97. The molecule has 0 bridgehead atoms. The Kier molecular flexibility index (Phi) is 5.96. The molecule has 0 saturated heterocycles. The summed E-state index contributed by atoms with van der Waals surface area (Å²) in [5.41, 5.74) is 0.883. The van der Waals surface area contributed by atoms with Crippen LogP contribution in [0, 0.1) is 0 Å². The number of hydrogen-bond donors (Lipinski definition) is 2. The van der Waals surface area contributed by atoms with Crippen LogP contribution in [0.15, 0.2) is 12.1 Å². The van der Waals surface area contributed by atoms with Gasteiger partial charge in [0, 0.05) is 23.4 Å². The third-order valence-corrected chi connectivity index (χ3v) is 3.72. The quantitative estimate of drug-likeness (QED) is 0.793. The highest BCUT2D eigenvalue weighted by molar-refractivity contribution is 6.29. The average molecular weight is 299 g/mol. The Morgan fingerprint density at radius 2 is 2.15 bits per heavy atom. The molecule has 0 aliphatic carbocycles. The van der Waals surface area contributed by atoms with Gasteiger partial charge in [-0.25, -0.2) is 4.98 Å². The topological polar surface area (TPSA) is 62.2 Å². The summed E-state index contributed by atoms with van der Waals surface area (Å²) < 4.78 is 0. The van der Waals surface area contributed by atoms with Crippen LogP contribution in [0.4, 0.5) is 0 Å². The van der Waals surface area contributed by atoms with Crippen LogP contribution in [-0.4, -0.2) is 28.1 Å². The lowest BCUT2D eigenvalue weighted by Gasteiger charge is -2.29. The third-order valence-electron chi connectivity index (χ3n) is 3.53. The van der Waals surface area contributed by atoms with Gasteiger partial charge >= 0.3 is 0 Å². The highest BCUT2D eigenvalue weighted by atomic mass is 35.5. The fourth-order valence-electron chi connectivity index (χ4n) is 1.86. The number of hydrogen-bond acceptors (Lipinski definition) is 3. The zero-order valence-electron chi connectivity index (χ0n) is 12.5. The fraction of sp³-hybridized carbons (Fsp3) is 0.600. The number of amides is 1. The molecule has 1 atom stereocenters. The summed E-state index contributed by atoms with van der Waals surface area (Å²) in [5.74, 6) is 0.0178. The van der Waals surface area contributed by atoms with Gasteiger partial charge in [-0.1, -0.05) is 32.4 Å². The summed E-state index contributed by atoms with van der Waals surface area (Å²) in [6, 6.07) is 3.33. The van der Waals surface area contributed by atoms with Crippen molar-refractivity contribution in [1.82, 2.24) is 10.3 Å². The highest BCUT2D eigenvalue weighted by Crippen LogP contribution is 2.20. The van der Waals surface area contributed by atoms with Crippen molar-refractivity contribution in [3.8, 4) is 0 Å². The monoisotopic (exact) mass is 298 g/mol. The van der Waals surface area contributed by atoms with Gasteiger partial charge in [-0.05, 0) is 37.8 Å². The molecule has 1 amide bonds. The molecule has 0 saturated carbocycles. The second kappa shape index (κ2) is 7.04. The third kappa shape index (κ3) is 4.46. The minimum absolute atomic E-state index is 0.0406. The lowest BCUT2D eigenvalue weighted by molar-refractivity contribution is 0.0886. The van der Waals surface area contributed by atoms with E-state index in [2.05, 4.69) is 10.3 Å². The number of pyridine rings is 1. The molecule has 1 rings (SSSR count). The molecule has 1 aromatic heterocycles. The van der Waals surface area contributed by atoms with E-state index in [9.17, 15) is 4.79 Å². The van der Waals surface area contributed by atoms with Gasteiger partial charge in [0.25, 0.3) is 5.91 Å². The number of aliphatic hydroxyl groups is 1. The lowest BCUT2D eigenvalue weighted by atomic mass is 9.94. The zero-order chi connectivity index (χ0) is 15.3. The molecular weight excluding hydrogens is 276 g/mol. The summed E-state index contributed by atoms with van der Waals surface area (Å²) in [4.78, 5) is 16.6. The predicted molar refractivity (Wildman–Crippen MR) is 81.2 cm³/mol. The Bertz CT molecular complexity index is 477. The van der Waals surface area contributed by atoms with Crippen LogP contribution < -0.4 is 5.32 Å². The number of aliphatic hydroxyl groups excluding tert-OH is 1. The zero-order valence-corrected chi connectivity index (χ0v) is 13.3. The van der Waals surface area contributed by atoms with Gasteiger partial charge in [-0.15, -0.1) is 0 Å². The fourth-order valence-corrected chi connectivity index (χ4v) is 2.08. The van der Waals surface area contributed by atoms with Gasteiger partial charge in [0.05, 0.1) is 0 Å². The number of carbonyl (C=O) groups excluding carboxylic acids is 1. The van der Waals surface area contributed by atoms with E-state index in [-0.39, 0.29) is 18.4 Å². The van der Waals surface area contributed by atoms with Gasteiger partial charge in [-0.2, -0.15) is 0 Å². The number of rotatable bonds is 6. The van der Waals surface area contributed by atoms with Crippen molar-refractivity contribution < 1.29 is 9.90 Å². The number of carbonyl (C=O) groups is 1. The number of nitrogens with zero attached hydrogens (tertiary/aromatic N) is 1. The van der Waals surface area contributed by atoms with E-state index < -0.39 is 5.54 Å². The van der Waals surface area contributed by atoms with Crippen molar-refractivity contribution >= 4 is 17.5 Å². The van der Waals surface area contributed by atoms with Crippen molar-refractivity contribution in [2.45, 2.75) is 52.0 Å². The molecule has 112 valence electrons. The van der Waals surface area contributed by atoms with E-state index in [1.807, 2.05) is 27.7 Å².